The molecule has 1 aromatic rings. The van der Waals surface area contributed by atoms with E-state index >= 15 is 0 Å². The van der Waals surface area contributed by atoms with Crippen LogP contribution in [-0.2, 0) is 10.1 Å². The van der Waals surface area contributed by atoms with E-state index < -0.39 is 10.1 Å². The lowest BCUT2D eigenvalue weighted by Crippen LogP contribution is -2.07. The van der Waals surface area contributed by atoms with Crippen LogP contribution in [0, 0.1) is 11.3 Å². The summed E-state index contributed by atoms with van der Waals surface area (Å²) in [6.07, 6.45) is 0.887. The Balaban J connectivity index is 3.15. The highest BCUT2D eigenvalue weighted by Gasteiger charge is 2.11. The molecule has 1 rings (SSSR count). The van der Waals surface area contributed by atoms with Crippen LogP contribution in [0.5, 0.6) is 11.6 Å². The summed E-state index contributed by atoms with van der Waals surface area (Å²) in [6.45, 7) is 0. The molecule has 0 aliphatic rings. The van der Waals surface area contributed by atoms with Gasteiger partial charge in [-0.3, -0.25) is 0 Å². The van der Waals surface area contributed by atoms with Crippen molar-refractivity contribution in [3.63, 3.8) is 0 Å². The molecule has 15 heavy (non-hydrogen) atoms. The third-order valence-corrected chi connectivity index (χ3v) is 1.87. The maximum Gasteiger partial charge on any atom is 0.306 e. The van der Waals surface area contributed by atoms with E-state index in [-0.39, 0.29) is 17.3 Å². The molecule has 7 heteroatoms. The van der Waals surface area contributed by atoms with E-state index in [0.717, 1.165) is 6.26 Å². The van der Waals surface area contributed by atoms with Crippen LogP contribution in [0.2, 0.25) is 0 Å². The zero-order chi connectivity index (χ0) is 11.5. The molecule has 0 aliphatic heterocycles. The summed E-state index contributed by atoms with van der Waals surface area (Å²) in [5.41, 5.74) is -0.139. The van der Waals surface area contributed by atoms with Crippen molar-refractivity contribution in [3.8, 4) is 17.7 Å². The van der Waals surface area contributed by atoms with Crippen molar-refractivity contribution in [2.24, 2.45) is 0 Å². The fourth-order valence-corrected chi connectivity index (χ4v) is 1.31. The molecule has 0 N–H and O–H groups in total. The van der Waals surface area contributed by atoms with Crippen molar-refractivity contribution in [2.45, 2.75) is 0 Å². The Bertz CT molecular complexity index is 504. The summed E-state index contributed by atoms with van der Waals surface area (Å²) in [5, 5.41) is 8.69. The lowest BCUT2D eigenvalue weighted by Gasteiger charge is -2.05. The normalized spacial score (nSPS) is 10.5. The van der Waals surface area contributed by atoms with Gasteiger partial charge in [-0.1, -0.05) is 0 Å². The van der Waals surface area contributed by atoms with Gasteiger partial charge in [0, 0.05) is 6.07 Å². The number of methoxy groups -OCH3 is 1. The minimum atomic E-state index is -3.66. The number of nitriles is 1. The van der Waals surface area contributed by atoms with Crippen LogP contribution in [0.3, 0.4) is 0 Å². The van der Waals surface area contributed by atoms with Crippen LogP contribution in [0.25, 0.3) is 0 Å². The van der Waals surface area contributed by atoms with Crippen LogP contribution in [-0.4, -0.2) is 26.8 Å². The molecule has 6 nitrogen and oxygen atoms in total. The maximum absolute atomic E-state index is 10.8. The number of nitrogens with zero attached hydrogens (tertiary/aromatic N) is 2. The Morgan fingerprint density at radius 3 is 2.60 bits per heavy atom. The second-order valence-corrected chi connectivity index (χ2v) is 4.17. The van der Waals surface area contributed by atoms with Crippen molar-refractivity contribution in [1.82, 2.24) is 4.98 Å². The molecular weight excluding hydrogens is 220 g/mol. The standard InChI is InChI=1S/C8H8N2O4S/c1-13-8-4-3-7(6(5-9)10-8)14-15(2,11)12/h3-4H,1-2H3. The van der Waals surface area contributed by atoms with Crippen molar-refractivity contribution in [1.29, 1.82) is 5.26 Å². The van der Waals surface area contributed by atoms with E-state index in [4.69, 9.17) is 10.00 Å². The molecule has 0 saturated heterocycles. The molecule has 1 heterocycles. The SMILES string of the molecule is COc1ccc(OS(C)(=O)=O)c(C#N)n1. The van der Waals surface area contributed by atoms with E-state index in [1.165, 1.54) is 19.2 Å². The monoisotopic (exact) mass is 228 g/mol. The molecule has 0 radical (unpaired) electrons. The van der Waals surface area contributed by atoms with E-state index in [9.17, 15) is 8.42 Å². The van der Waals surface area contributed by atoms with E-state index in [1.807, 2.05) is 0 Å². The second kappa shape index (κ2) is 4.14. The number of hydrogen-bond donors (Lipinski definition) is 0. The molecule has 1 aromatic heterocycles. The van der Waals surface area contributed by atoms with Gasteiger partial charge in [-0.15, -0.1) is 0 Å². The average Bonchev–Trinajstić information content (AvgIpc) is 2.16. The van der Waals surface area contributed by atoms with Crippen LogP contribution < -0.4 is 8.92 Å². The molecule has 0 fully saturated rings. The number of rotatable bonds is 3. The van der Waals surface area contributed by atoms with Gasteiger partial charge in [-0.2, -0.15) is 18.7 Å². The number of hydrogen-bond acceptors (Lipinski definition) is 6. The van der Waals surface area contributed by atoms with Crippen LogP contribution >= 0.6 is 0 Å². The molecule has 0 amide bonds. The minimum Gasteiger partial charge on any atom is -0.481 e. The summed E-state index contributed by atoms with van der Waals surface area (Å²) in [5.74, 6) is 0.105. The highest BCUT2D eigenvalue weighted by Crippen LogP contribution is 2.20. The van der Waals surface area contributed by atoms with Crippen LogP contribution in [0.1, 0.15) is 5.69 Å². The Labute approximate surface area is 87.2 Å². The Morgan fingerprint density at radius 1 is 1.47 bits per heavy atom. The molecular formula is C8H8N2O4S. The highest BCUT2D eigenvalue weighted by molar-refractivity contribution is 7.86. The number of pyridine rings is 1. The summed E-state index contributed by atoms with van der Waals surface area (Å²) < 4.78 is 31.0. The fourth-order valence-electron chi connectivity index (χ4n) is 0.853. The first-order valence-corrected chi connectivity index (χ1v) is 5.62. The number of ether oxygens (including phenoxy) is 1. The third kappa shape index (κ3) is 3.11. The summed E-state index contributed by atoms with van der Waals surface area (Å²) in [7, 11) is -2.27. The van der Waals surface area contributed by atoms with Gasteiger partial charge in [0.05, 0.1) is 13.4 Å². The topological polar surface area (TPSA) is 89.3 Å². The average molecular weight is 228 g/mol. The minimum absolute atomic E-state index is 0.110. The number of aromatic nitrogens is 1. The molecule has 0 bridgehead atoms. The predicted octanol–water partition coefficient (Wildman–Crippen LogP) is 0.300. The zero-order valence-electron chi connectivity index (χ0n) is 8.09. The predicted molar refractivity (Wildman–Crippen MR) is 51.0 cm³/mol. The first kappa shape index (κ1) is 11.3. The lowest BCUT2D eigenvalue weighted by molar-refractivity contribution is 0.395. The lowest BCUT2D eigenvalue weighted by atomic mass is 10.3. The molecule has 0 spiro atoms. The van der Waals surface area contributed by atoms with E-state index in [2.05, 4.69) is 9.17 Å². The second-order valence-electron chi connectivity index (χ2n) is 2.60. The van der Waals surface area contributed by atoms with Gasteiger partial charge in [-0.05, 0) is 6.07 Å². The van der Waals surface area contributed by atoms with E-state index in [0.29, 0.717) is 0 Å². The van der Waals surface area contributed by atoms with Gasteiger partial charge in [-0.25, -0.2) is 0 Å². The van der Waals surface area contributed by atoms with Gasteiger partial charge in [0.15, 0.2) is 11.4 Å². The van der Waals surface area contributed by atoms with Crippen LogP contribution in [0.4, 0.5) is 0 Å². The fraction of sp³-hybridized carbons (Fsp3) is 0.250. The largest absolute Gasteiger partial charge is 0.481 e. The van der Waals surface area contributed by atoms with Gasteiger partial charge < -0.3 is 8.92 Å². The Kier molecular flexibility index (Phi) is 3.11. The van der Waals surface area contributed by atoms with Crippen molar-refractivity contribution >= 4 is 10.1 Å². The first-order valence-electron chi connectivity index (χ1n) is 3.81. The van der Waals surface area contributed by atoms with Gasteiger partial charge in [0.25, 0.3) is 0 Å². The highest BCUT2D eigenvalue weighted by atomic mass is 32.2. The van der Waals surface area contributed by atoms with Gasteiger partial charge >= 0.3 is 10.1 Å². The molecule has 0 aliphatic carbocycles. The van der Waals surface area contributed by atoms with Crippen LogP contribution in [0.15, 0.2) is 12.1 Å². The zero-order valence-corrected chi connectivity index (χ0v) is 8.91. The van der Waals surface area contributed by atoms with Gasteiger partial charge in [0.1, 0.15) is 6.07 Å². The Morgan fingerprint density at radius 2 is 2.13 bits per heavy atom. The molecule has 0 aromatic carbocycles. The first-order chi connectivity index (χ1) is 6.96. The molecule has 0 saturated carbocycles. The molecule has 0 atom stereocenters. The smallest absolute Gasteiger partial charge is 0.306 e. The third-order valence-electron chi connectivity index (χ3n) is 1.39. The summed E-state index contributed by atoms with van der Waals surface area (Å²) in [4.78, 5) is 3.72. The van der Waals surface area contributed by atoms with Crippen molar-refractivity contribution < 1.29 is 17.3 Å². The van der Waals surface area contributed by atoms with Gasteiger partial charge in [0.2, 0.25) is 5.88 Å². The summed E-state index contributed by atoms with van der Waals surface area (Å²) >= 11 is 0. The van der Waals surface area contributed by atoms with Crippen molar-refractivity contribution in [2.75, 3.05) is 13.4 Å². The Hall–Kier alpha value is -1.81. The summed E-state index contributed by atoms with van der Waals surface area (Å²) in [6, 6.07) is 4.43. The van der Waals surface area contributed by atoms with E-state index in [1.54, 1.807) is 6.07 Å². The quantitative estimate of drug-likeness (QED) is 0.691. The maximum atomic E-state index is 10.8. The molecule has 0 unspecified atom stereocenters. The van der Waals surface area contributed by atoms with Crippen molar-refractivity contribution in [3.05, 3.63) is 17.8 Å². The molecule has 80 valence electrons.